The van der Waals surface area contributed by atoms with Crippen molar-refractivity contribution in [3.05, 3.63) is 36.0 Å². The van der Waals surface area contributed by atoms with Gasteiger partial charge in [0, 0.05) is 36.6 Å². The third kappa shape index (κ3) is 3.75. The number of benzene rings is 1. The van der Waals surface area contributed by atoms with Crippen molar-refractivity contribution in [1.29, 1.82) is 0 Å². The number of fused-ring (bicyclic) bond motifs is 1. The van der Waals surface area contributed by atoms with Gasteiger partial charge in [-0.1, -0.05) is 18.2 Å². The minimum Gasteiger partial charge on any atom is -0.352 e. The Hall–Kier alpha value is -1.82. The molecule has 23 heavy (non-hydrogen) atoms. The summed E-state index contributed by atoms with van der Waals surface area (Å²) in [5.41, 5.74) is 2.45. The number of carbonyl (C=O) groups is 1. The van der Waals surface area contributed by atoms with Gasteiger partial charge in [-0.15, -0.1) is 0 Å². The zero-order valence-electron chi connectivity index (χ0n) is 13.3. The van der Waals surface area contributed by atoms with Gasteiger partial charge < -0.3 is 9.88 Å². The van der Waals surface area contributed by atoms with Crippen molar-refractivity contribution in [3.8, 4) is 0 Å². The van der Waals surface area contributed by atoms with E-state index >= 15 is 0 Å². The van der Waals surface area contributed by atoms with Crippen molar-refractivity contribution in [3.63, 3.8) is 0 Å². The van der Waals surface area contributed by atoms with Crippen LogP contribution in [0.4, 0.5) is 0 Å². The van der Waals surface area contributed by atoms with Crippen LogP contribution in [0.25, 0.3) is 10.9 Å². The van der Waals surface area contributed by atoms with Crippen LogP contribution < -0.4 is 5.32 Å². The normalized spacial score (nSPS) is 20.0. The minimum absolute atomic E-state index is 0.0488. The van der Waals surface area contributed by atoms with Gasteiger partial charge in [0.2, 0.25) is 5.91 Å². The summed E-state index contributed by atoms with van der Waals surface area (Å²) in [6.07, 6.45) is 4.69. The molecule has 6 heteroatoms. The Kier molecular flexibility index (Phi) is 4.43. The summed E-state index contributed by atoms with van der Waals surface area (Å²) in [4.78, 5) is 12.0. The van der Waals surface area contributed by atoms with E-state index in [0.29, 0.717) is 12.8 Å². The number of nitrogens with one attached hydrogen (secondary N) is 1. The highest BCUT2D eigenvalue weighted by molar-refractivity contribution is 7.91. The lowest BCUT2D eigenvalue weighted by atomic mass is 10.1. The largest absolute Gasteiger partial charge is 0.352 e. The zero-order valence-corrected chi connectivity index (χ0v) is 14.1. The molecule has 0 saturated carbocycles. The van der Waals surface area contributed by atoms with E-state index in [1.165, 1.54) is 16.5 Å². The lowest BCUT2D eigenvalue weighted by Gasteiger charge is -2.10. The number of hydrogen-bond donors (Lipinski definition) is 1. The second-order valence-corrected chi connectivity index (χ2v) is 8.53. The number of hydrogen-bond acceptors (Lipinski definition) is 3. The van der Waals surface area contributed by atoms with E-state index in [1.807, 2.05) is 19.2 Å². The third-order valence-corrected chi connectivity index (χ3v) is 6.19. The molecule has 0 radical (unpaired) electrons. The first-order valence-electron chi connectivity index (χ1n) is 7.97. The Labute approximate surface area is 136 Å². The van der Waals surface area contributed by atoms with Gasteiger partial charge in [-0.3, -0.25) is 4.79 Å². The van der Waals surface area contributed by atoms with Gasteiger partial charge in [0.05, 0.1) is 11.5 Å². The highest BCUT2D eigenvalue weighted by atomic mass is 32.2. The molecule has 5 nitrogen and oxygen atoms in total. The molecule has 2 aromatic rings. The first kappa shape index (κ1) is 16.1. The quantitative estimate of drug-likeness (QED) is 0.907. The van der Waals surface area contributed by atoms with Gasteiger partial charge in [-0.2, -0.15) is 0 Å². The molecule has 1 aliphatic rings. The molecule has 0 bridgehead atoms. The van der Waals surface area contributed by atoms with Crippen molar-refractivity contribution < 1.29 is 13.2 Å². The second-order valence-electron chi connectivity index (χ2n) is 6.30. The second kappa shape index (κ2) is 6.35. The van der Waals surface area contributed by atoms with Crippen LogP contribution in [-0.2, 0) is 28.1 Å². The molecule has 1 aliphatic heterocycles. The highest BCUT2D eigenvalue weighted by Gasteiger charge is 2.28. The SMILES string of the molecule is Cn1cc(CCCC(=O)N[C@@H]2CCS(=O)(=O)C2)c2ccccc21. The van der Waals surface area contributed by atoms with Crippen LogP contribution >= 0.6 is 0 Å². The van der Waals surface area contributed by atoms with Crippen LogP contribution in [0, 0.1) is 0 Å². The van der Waals surface area contributed by atoms with Crippen molar-refractivity contribution in [2.24, 2.45) is 7.05 Å². The summed E-state index contributed by atoms with van der Waals surface area (Å²) in [7, 11) is -0.917. The number of rotatable bonds is 5. The van der Waals surface area contributed by atoms with Crippen LogP contribution in [-0.4, -0.2) is 36.4 Å². The van der Waals surface area contributed by atoms with Gasteiger partial charge in [-0.05, 0) is 30.9 Å². The van der Waals surface area contributed by atoms with Crippen LogP contribution in [0.3, 0.4) is 0 Å². The van der Waals surface area contributed by atoms with Crippen LogP contribution in [0.15, 0.2) is 30.5 Å². The Bertz CT molecular complexity index is 823. The van der Waals surface area contributed by atoms with Gasteiger partial charge in [-0.25, -0.2) is 8.42 Å². The number of para-hydroxylation sites is 1. The predicted octanol–water partition coefficient (Wildman–Crippen LogP) is 1.80. The molecule has 2 heterocycles. The topological polar surface area (TPSA) is 68.2 Å². The van der Waals surface area contributed by atoms with E-state index in [0.717, 1.165) is 12.8 Å². The van der Waals surface area contributed by atoms with E-state index in [4.69, 9.17) is 0 Å². The van der Waals surface area contributed by atoms with Crippen LogP contribution in [0.2, 0.25) is 0 Å². The van der Waals surface area contributed by atoms with Crippen molar-refractivity contribution in [2.75, 3.05) is 11.5 Å². The van der Waals surface area contributed by atoms with E-state index in [9.17, 15) is 13.2 Å². The molecule has 1 aromatic carbocycles. The highest BCUT2D eigenvalue weighted by Crippen LogP contribution is 2.21. The maximum atomic E-state index is 12.0. The van der Waals surface area contributed by atoms with Crippen LogP contribution in [0.5, 0.6) is 0 Å². The van der Waals surface area contributed by atoms with Crippen molar-refractivity contribution >= 4 is 26.6 Å². The molecular formula is C17H22N2O3S. The van der Waals surface area contributed by atoms with Gasteiger partial charge in [0.1, 0.15) is 0 Å². The van der Waals surface area contributed by atoms with E-state index in [1.54, 1.807) is 0 Å². The Morgan fingerprint density at radius 3 is 2.87 bits per heavy atom. The number of nitrogens with zero attached hydrogens (tertiary/aromatic N) is 1. The maximum absolute atomic E-state index is 12.0. The lowest BCUT2D eigenvalue weighted by molar-refractivity contribution is -0.121. The van der Waals surface area contributed by atoms with Gasteiger partial charge >= 0.3 is 0 Å². The number of aryl methyl sites for hydroxylation is 2. The van der Waals surface area contributed by atoms with Gasteiger partial charge in [0.15, 0.2) is 9.84 Å². The molecule has 1 amide bonds. The summed E-state index contributed by atoms with van der Waals surface area (Å²) in [6.45, 7) is 0. The average molecular weight is 334 g/mol. The molecule has 3 rings (SSSR count). The zero-order chi connectivity index (χ0) is 16.4. The first-order chi connectivity index (χ1) is 10.9. The average Bonchev–Trinajstić information content (AvgIpc) is 3.00. The Balaban J connectivity index is 1.52. The Morgan fingerprint density at radius 1 is 1.35 bits per heavy atom. The molecule has 1 fully saturated rings. The smallest absolute Gasteiger partial charge is 0.220 e. The fraction of sp³-hybridized carbons (Fsp3) is 0.471. The molecule has 0 aliphatic carbocycles. The molecule has 1 atom stereocenters. The number of amides is 1. The molecule has 124 valence electrons. The fourth-order valence-corrected chi connectivity index (χ4v) is 4.95. The van der Waals surface area contributed by atoms with Crippen molar-refractivity contribution in [2.45, 2.75) is 31.7 Å². The minimum atomic E-state index is -2.94. The molecule has 0 unspecified atom stereocenters. The summed E-state index contributed by atoms with van der Waals surface area (Å²) in [5.74, 6) is 0.225. The maximum Gasteiger partial charge on any atom is 0.220 e. The molecule has 1 saturated heterocycles. The van der Waals surface area contributed by atoms with E-state index < -0.39 is 9.84 Å². The lowest BCUT2D eigenvalue weighted by Crippen LogP contribution is -2.35. The number of sulfone groups is 1. The fourth-order valence-electron chi connectivity index (χ4n) is 3.27. The standard InChI is InChI=1S/C17H22N2O3S/c1-19-11-13(15-6-2-3-7-16(15)19)5-4-8-17(20)18-14-9-10-23(21,22)12-14/h2-3,6-7,11,14H,4-5,8-10,12H2,1H3,(H,18,20)/t14-/m1/s1. The summed E-state index contributed by atoms with van der Waals surface area (Å²) < 4.78 is 24.9. The molecular weight excluding hydrogens is 312 g/mol. The molecule has 0 spiro atoms. The first-order valence-corrected chi connectivity index (χ1v) is 9.79. The summed E-state index contributed by atoms with van der Waals surface area (Å²) in [6, 6.07) is 8.04. The van der Waals surface area contributed by atoms with Gasteiger partial charge in [0.25, 0.3) is 0 Å². The van der Waals surface area contributed by atoms with Crippen molar-refractivity contribution in [1.82, 2.24) is 9.88 Å². The molecule has 1 N–H and O–H groups in total. The van der Waals surface area contributed by atoms with Crippen LogP contribution in [0.1, 0.15) is 24.8 Å². The number of aromatic nitrogens is 1. The number of carbonyl (C=O) groups excluding carboxylic acids is 1. The molecule has 1 aromatic heterocycles. The monoisotopic (exact) mass is 334 g/mol. The van der Waals surface area contributed by atoms with E-state index in [2.05, 4.69) is 28.2 Å². The summed E-state index contributed by atoms with van der Waals surface area (Å²) >= 11 is 0. The predicted molar refractivity (Wildman–Crippen MR) is 91.1 cm³/mol. The van der Waals surface area contributed by atoms with E-state index in [-0.39, 0.29) is 23.5 Å². The third-order valence-electron chi connectivity index (χ3n) is 4.43. The summed E-state index contributed by atoms with van der Waals surface area (Å²) in [5, 5.41) is 4.07. The Morgan fingerprint density at radius 2 is 2.13 bits per heavy atom.